The second kappa shape index (κ2) is 5.53. The van der Waals surface area contributed by atoms with Crippen molar-refractivity contribution >= 4 is 12.1 Å². The second-order valence-electron chi connectivity index (χ2n) is 3.65. The van der Waals surface area contributed by atoms with Crippen LogP contribution in [0.15, 0.2) is 16.5 Å². The van der Waals surface area contributed by atoms with Crippen LogP contribution >= 0.6 is 0 Å². The number of nitrogens with zero attached hydrogens (tertiary/aromatic N) is 1. The molecule has 0 heterocycles. The van der Waals surface area contributed by atoms with Gasteiger partial charge in [0.2, 0.25) is 5.91 Å². The molecule has 84 valence electrons. The maximum Gasteiger partial charge on any atom is 0.228 e. The normalized spacial score (nSPS) is 17.5. The minimum atomic E-state index is 0.0906. The summed E-state index contributed by atoms with van der Waals surface area (Å²) in [6.07, 6.45) is 3.70. The van der Waals surface area contributed by atoms with Crippen molar-refractivity contribution in [2.75, 3.05) is 6.54 Å². The largest absolute Gasteiger partial charge is 0.386 e. The first-order valence-electron chi connectivity index (χ1n) is 5.43. The Labute approximate surface area is 90.8 Å². The highest BCUT2D eigenvalue weighted by atomic mass is 16.2. The van der Waals surface area contributed by atoms with Gasteiger partial charge in [-0.3, -0.25) is 4.79 Å². The highest BCUT2D eigenvalue weighted by molar-refractivity contribution is 5.82. The van der Waals surface area contributed by atoms with E-state index in [1.165, 1.54) is 0 Å². The minimum absolute atomic E-state index is 0.0906. The fourth-order valence-corrected chi connectivity index (χ4v) is 1.27. The first kappa shape index (κ1) is 11.8. The highest BCUT2D eigenvalue weighted by Gasteiger charge is 2.30. The third-order valence-corrected chi connectivity index (χ3v) is 2.25. The standard InChI is InChI=1S/C11H19N3O/c1-4-12-8(3)10(13-5-2)14-11(15)9-6-7-9/h5,9,12H,4,6-7H2,1-3H3,(H,14,15)/b10-8-,13-5-. The molecule has 0 aliphatic heterocycles. The molecule has 0 aromatic carbocycles. The monoisotopic (exact) mass is 209 g/mol. The Bertz CT molecular complexity index is 290. The average Bonchev–Trinajstić information content (AvgIpc) is 3.00. The van der Waals surface area contributed by atoms with Gasteiger partial charge in [-0.15, -0.1) is 0 Å². The Balaban J connectivity index is 2.63. The van der Waals surface area contributed by atoms with E-state index >= 15 is 0 Å². The van der Waals surface area contributed by atoms with Gasteiger partial charge in [0.1, 0.15) is 0 Å². The number of hydrogen-bond donors (Lipinski definition) is 2. The summed E-state index contributed by atoms with van der Waals surface area (Å²) in [4.78, 5) is 15.7. The van der Waals surface area contributed by atoms with Gasteiger partial charge in [0, 0.05) is 18.7 Å². The predicted molar refractivity (Wildman–Crippen MR) is 61.4 cm³/mol. The summed E-state index contributed by atoms with van der Waals surface area (Å²) in [7, 11) is 0. The fraction of sp³-hybridized carbons (Fsp3) is 0.636. The summed E-state index contributed by atoms with van der Waals surface area (Å²) in [5, 5.41) is 5.99. The van der Waals surface area contributed by atoms with Crippen molar-refractivity contribution in [3.63, 3.8) is 0 Å². The molecule has 0 aromatic heterocycles. The van der Waals surface area contributed by atoms with Crippen LogP contribution in [0.4, 0.5) is 0 Å². The summed E-state index contributed by atoms with van der Waals surface area (Å²) >= 11 is 0. The van der Waals surface area contributed by atoms with E-state index in [0.717, 1.165) is 25.1 Å². The Kier molecular flexibility index (Phi) is 4.34. The van der Waals surface area contributed by atoms with Gasteiger partial charge >= 0.3 is 0 Å². The van der Waals surface area contributed by atoms with E-state index in [9.17, 15) is 4.79 Å². The van der Waals surface area contributed by atoms with Crippen molar-refractivity contribution < 1.29 is 4.79 Å². The van der Waals surface area contributed by atoms with E-state index in [0.29, 0.717) is 5.82 Å². The molecule has 0 unspecified atom stereocenters. The molecule has 1 rings (SSSR count). The van der Waals surface area contributed by atoms with Crippen LogP contribution in [0.1, 0.15) is 33.6 Å². The molecule has 1 fully saturated rings. The number of rotatable bonds is 5. The molecular formula is C11H19N3O. The van der Waals surface area contributed by atoms with Gasteiger partial charge in [0.25, 0.3) is 0 Å². The molecule has 1 aliphatic rings. The Morgan fingerprint density at radius 1 is 1.53 bits per heavy atom. The summed E-state index contributed by atoms with van der Waals surface area (Å²) in [5.74, 6) is 0.936. The fourth-order valence-electron chi connectivity index (χ4n) is 1.27. The smallest absolute Gasteiger partial charge is 0.228 e. The third-order valence-electron chi connectivity index (χ3n) is 2.25. The molecule has 1 saturated carbocycles. The van der Waals surface area contributed by atoms with Crippen LogP contribution in [0, 0.1) is 5.92 Å². The van der Waals surface area contributed by atoms with Crippen LogP contribution in [0.3, 0.4) is 0 Å². The number of carbonyl (C=O) groups excluding carboxylic acids is 1. The predicted octanol–water partition coefficient (Wildman–Crippen LogP) is 1.40. The van der Waals surface area contributed by atoms with E-state index in [1.54, 1.807) is 6.21 Å². The van der Waals surface area contributed by atoms with Gasteiger partial charge in [-0.25, -0.2) is 4.99 Å². The van der Waals surface area contributed by atoms with Gasteiger partial charge in [-0.05, 0) is 33.6 Å². The van der Waals surface area contributed by atoms with Crippen LogP contribution in [0.2, 0.25) is 0 Å². The van der Waals surface area contributed by atoms with E-state index in [2.05, 4.69) is 15.6 Å². The van der Waals surface area contributed by atoms with Gasteiger partial charge in [0.15, 0.2) is 5.82 Å². The van der Waals surface area contributed by atoms with Crippen molar-refractivity contribution in [2.45, 2.75) is 33.6 Å². The highest BCUT2D eigenvalue weighted by Crippen LogP contribution is 2.29. The van der Waals surface area contributed by atoms with Crippen molar-refractivity contribution in [3.8, 4) is 0 Å². The third kappa shape index (κ3) is 3.73. The van der Waals surface area contributed by atoms with Crippen molar-refractivity contribution in [3.05, 3.63) is 11.5 Å². The summed E-state index contributed by atoms with van der Waals surface area (Å²) in [6, 6.07) is 0. The average molecular weight is 209 g/mol. The summed E-state index contributed by atoms with van der Waals surface area (Å²) in [6.45, 7) is 6.59. The van der Waals surface area contributed by atoms with Crippen molar-refractivity contribution in [2.24, 2.45) is 10.9 Å². The number of nitrogens with one attached hydrogen (secondary N) is 2. The summed E-state index contributed by atoms with van der Waals surface area (Å²) < 4.78 is 0. The lowest BCUT2D eigenvalue weighted by atomic mass is 10.3. The minimum Gasteiger partial charge on any atom is -0.386 e. The molecule has 0 atom stereocenters. The molecule has 0 bridgehead atoms. The Morgan fingerprint density at radius 3 is 2.67 bits per heavy atom. The van der Waals surface area contributed by atoms with Gasteiger partial charge in [-0.1, -0.05) is 0 Å². The SMILES string of the molecule is C/C=N\C(NC(=O)C1CC1)=C(/C)NCC. The number of allylic oxidation sites excluding steroid dienone is 1. The van der Waals surface area contributed by atoms with E-state index in [4.69, 9.17) is 0 Å². The Hall–Kier alpha value is -1.32. The van der Waals surface area contributed by atoms with Crippen molar-refractivity contribution in [1.29, 1.82) is 0 Å². The van der Waals surface area contributed by atoms with Crippen LogP contribution in [-0.4, -0.2) is 18.7 Å². The zero-order chi connectivity index (χ0) is 11.3. The van der Waals surface area contributed by atoms with Gasteiger partial charge in [0.05, 0.1) is 5.70 Å². The first-order valence-corrected chi connectivity index (χ1v) is 5.43. The quantitative estimate of drug-likeness (QED) is 0.672. The molecule has 4 heteroatoms. The van der Waals surface area contributed by atoms with Crippen LogP contribution in [-0.2, 0) is 4.79 Å². The molecule has 4 nitrogen and oxygen atoms in total. The lowest BCUT2D eigenvalue weighted by Crippen LogP contribution is -2.27. The number of aliphatic imine (C=N–C) groups is 1. The number of amides is 1. The number of carbonyl (C=O) groups is 1. The molecule has 1 amide bonds. The van der Waals surface area contributed by atoms with E-state index < -0.39 is 0 Å². The number of hydrogen-bond acceptors (Lipinski definition) is 3. The van der Waals surface area contributed by atoms with Crippen LogP contribution in [0.5, 0.6) is 0 Å². The zero-order valence-corrected chi connectivity index (χ0v) is 9.63. The Morgan fingerprint density at radius 2 is 2.20 bits per heavy atom. The molecular weight excluding hydrogens is 190 g/mol. The molecule has 1 aliphatic carbocycles. The summed E-state index contributed by atoms with van der Waals surface area (Å²) in [5.41, 5.74) is 0.907. The maximum atomic E-state index is 11.6. The zero-order valence-electron chi connectivity index (χ0n) is 9.63. The van der Waals surface area contributed by atoms with Gasteiger partial charge in [-0.2, -0.15) is 0 Å². The molecule has 0 spiro atoms. The second-order valence-corrected chi connectivity index (χ2v) is 3.65. The van der Waals surface area contributed by atoms with E-state index in [-0.39, 0.29) is 11.8 Å². The molecule has 15 heavy (non-hydrogen) atoms. The molecule has 0 aromatic rings. The van der Waals surface area contributed by atoms with Gasteiger partial charge < -0.3 is 10.6 Å². The van der Waals surface area contributed by atoms with Crippen molar-refractivity contribution in [1.82, 2.24) is 10.6 Å². The topological polar surface area (TPSA) is 53.5 Å². The van der Waals surface area contributed by atoms with Crippen LogP contribution < -0.4 is 10.6 Å². The maximum absolute atomic E-state index is 11.6. The molecule has 0 saturated heterocycles. The van der Waals surface area contributed by atoms with E-state index in [1.807, 2.05) is 20.8 Å². The molecule has 2 N–H and O–H groups in total. The molecule has 0 radical (unpaired) electrons. The first-order chi connectivity index (χ1) is 7.19. The lowest BCUT2D eigenvalue weighted by molar-refractivity contribution is -0.121. The van der Waals surface area contributed by atoms with Crippen LogP contribution in [0.25, 0.3) is 0 Å². The lowest BCUT2D eigenvalue weighted by Gasteiger charge is -2.10.